The molecular formula is C12H21BO4. The summed E-state index contributed by atoms with van der Waals surface area (Å²) < 4.78 is 16.5. The average molecular weight is 240 g/mol. The topological polar surface area (TPSA) is 44.8 Å². The monoisotopic (exact) mass is 240 g/mol. The predicted molar refractivity (Wildman–Crippen MR) is 66.5 cm³/mol. The Balaban J connectivity index is 2.74. The molecule has 1 aliphatic heterocycles. The summed E-state index contributed by atoms with van der Waals surface area (Å²) in [6.45, 7) is 11.9. The first-order valence-corrected chi connectivity index (χ1v) is 5.90. The highest BCUT2D eigenvalue weighted by Gasteiger charge is 2.51. The molecule has 96 valence electrons. The number of hydrogen-bond acceptors (Lipinski definition) is 4. The fraction of sp³-hybridized carbons (Fsp3) is 0.750. The smallest absolute Gasteiger partial charge is 0.463 e. The van der Waals surface area contributed by atoms with Crippen LogP contribution in [-0.2, 0) is 18.8 Å². The van der Waals surface area contributed by atoms with Gasteiger partial charge in [0, 0.05) is 6.08 Å². The Bertz CT molecular complexity index is 317. The molecule has 0 saturated carbocycles. The Morgan fingerprint density at radius 1 is 1.24 bits per heavy atom. The predicted octanol–water partition coefficient (Wildman–Crippen LogP) is 2.13. The van der Waals surface area contributed by atoms with Crippen molar-refractivity contribution in [2.24, 2.45) is 0 Å². The lowest BCUT2D eigenvalue weighted by Crippen LogP contribution is -2.41. The number of rotatable bonds is 3. The summed E-state index contributed by atoms with van der Waals surface area (Å²) in [7, 11) is -0.482. The van der Waals surface area contributed by atoms with E-state index in [0.29, 0.717) is 6.61 Å². The number of hydrogen-bond donors (Lipinski definition) is 0. The first-order valence-electron chi connectivity index (χ1n) is 5.90. The maximum atomic E-state index is 11.3. The molecule has 1 fully saturated rings. The van der Waals surface area contributed by atoms with Gasteiger partial charge in [0.05, 0.1) is 17.8 Å². The Morgan fingerprint density at radius 3 is 2.12 bits per heavy atom. The first kappa shape index (κ1) is 14.3. The summed E-state index contributed by atoms with van der Waals surface area (Å²) >= 11 is 0. The van der Waals surface area contributed by atoms with E-state index in [1.807, 2.05) is 27.7 Å². The summed E-state index contributed by atoms with van der Waals surface area (Å²) in [6, 6.07) is 0. The lowest BCUT2D eigenvalue weighted by Gasteiger charge is -2.32. The van der Waals surface area contributed by atoms with E-state index in [-0.39, 0.29) is 17.2 Å². The molecule has 1 saturated heterocycles. The molecule has 17 heavy (non-hydrogen) atoms. The van der Waals surface area contributed by atoms with Crippen LogP contribution in [0.2, 0.25) is 0 Å². The molecule has 1 aliphatic rings. The molecule has 4 nitrogen and oxygen atoms in total. The first-order chi connectivity index (χ1) is 7.69. The van der Waals surface area contributed by atoms with Crippen LogP contribution >= 0.6 is 0 Å². The van der Waals surface area contributed by atoms with E-state index in [9.17, 15) is 4.79 Å². The summed E-state index contributed by atoms with van der Waals surface area (Å²) in [4.78, 5) is 11.3. The van der Waals surface area contributed by atoms with Crippen LogP contribution in [0, 0.1) is 0 Å². The van der Waals surface area contributed by atoms with Gasteiger partial charge in [-0.05, 0) is 47.0 Å². The molecule has 0 unspecified atom stereocenters. The minimum Gasteiger partial charge on any atom is -0.463 e. The van der Waals surface area contributed by atoms with Gasteiger partial charge >= 0.3 is 13.1 Å². The molecule has 1 heterocycles. The van der Waals surface area contributed by atoms with Crippen molar-refractivity contribution in [2.45, 2.75) is 52.7 Å². The van der Waals surface area contributed by atoms with Crippen molar-refractivity contribution in [2.75, 3.05) is 6.61 Å². The number of carbonyl (C=O) groups is 1. The fourth-order valence-corrected chi connectivity index (χ4v) is 1.47. The minimum absolute atomic E-state index is 0.361. The summed E-state index contributed by atoms with van der Waals surface area (Å²) in [5.41, 5.74) is -0.0508. The third-order valence-electron chi connectivity index (χ3n) is 3.26. The van der Waals surface area contributed by atoms with Crippen LogP contribution in [-0.4, -0.2) is 30.9 Å². The molecule has 0 bridgehead atoms. The van der Waals surface area contributed by atoms with Crippen LogP contribution in [0.3, 0.4) is 0 Å². The normalized spacial score (nSPS) is 22.7. The lowest BCUT2D eigenvalue weighted by molar-refractivity contribution is -0.137. The molecule has 0 spiro atoms. The van der Waals surface area contributed by atoms with Crippen LogP contribution < -0.4 is 0 Å². The van der Waals surface area contributed by atoms with Gasteiger partial charge in [-0.2, -0.15) is 0 Å². The van der Waals surface area contributed by atoms with E-state index in [1.54, 1.807) is 13.8 Å². The summed E-state index contributed by atoms with van der Waals surface area (Å²) in [5.74, 6) is -0.361. The summed E-state index contributed by atoms with van der Waals surface area (Å²) in [6.07, 6.45) is 1.42. The molecule has 1 rings (SSSR count). The average Bonchev–Trinajstić information content (AvgIpc) is 2.36. The SMILES string of the molecule is CCOC(=O)/C=C(\C)B1OC(C)(C)C(C)(C)O1. The molecule has 5 heteroatoms. The van der Waals surface area contributed by atoms with E-state index in [1.165, 1.54) is 6.08 Å². The number of allylic oxidation sites excluding steroid dienone is 1. The molecule has 0 amide bonds. The van der Waals surface area contributed by atoms with Gasteiger partial charge in [0.25, 0.3) is 0 Å². The zero-order chi connectivity index (χ0) is 13.3. The van der Waals surface area contributed by atoms with E-state index in [2.05, 4.69) is 0 Å². The van der Waals surface area contributed by atoms with Crippen LogP contribution in [0.5, 0.6) is 0 Å². The second-order valence-corrected chi connectivity index (χ2v) is 5.23. The van der Waals surface area contributed by atoms with E-state index in [0.717, 1.165) is 5.47 Å². The largest absolute Gasteiger partial charge is 0.490 e. The minimum atomic E-state index is -0.482. The maximum Gasteiger partial charge on any atom is 0.490 e. The Hall–Kier alpha value is -0.805. The molecule has 0 atom stereocenters. The standard InChI is InChI=1S/C12H21BO4/c1-7-15-10(14)8-9(2)13-16-11(3,4)12(5,6)17-13/h8H,7H2,1-6H3/b9-8+. The zero-order valence-corrected chi connectivity index (χ0v) is 11.5. The summed E-state index contributed by atoms with van der Waals surface area (Å²) in [5, 5.41) is 0. The fourth-order valence-electron chi connectivity index (χ4n) is 1.47. The van der Waals surface area contributed by atoms with Crippen LogP contribution in [0.1, 0.15) is 41.5 Å². The van der Waals surface area contributed by atoms with Gasteiger partial charge in [-0.1, -0.05) is 0 Å². The lowest BCUT2D eigenvalue weighted by atomic mass is 9.79. The molecule has 0 aliphatic carbocycles. The molecule has 0 aromatic carbocycles. The van der Waals surface area contributed by atoms with Crippen molar-refractivity contribution >= 4 is 13.1 Å². The van der Waals surface area contributed by atoms with Gasteiger partial charge in [-0.15, -0.1) is 0 Å². The van der Waals surface area contributed by atoms with Crippen molar-refractivity contribution in [1.82, 2.24) is 0 Å². The molecule has 0 N–H and O–H groups in total. The highest BCUT2D eigenvalue weighted by Crippen LogP contribution is 2.38. The van der Waals surface area contributed by atoms with Crippen LogP contribution in [0.15, 0.2) is 11.5 Å². The van der Waals surface area contributed by atoms with Crippen molar-refractivity contribution in [3.05, 3.63) is 11.5 Å². The maximum absolute atomic E-state index is 11.3. The molecular weight excluding hydrogens is 219 g/mol. The van der Waals surface area contributed by atoms with Gasteiger partial charge in [-0.3, -0.25) is 0 Å². The van der Waals surface area contributed by atoms with Gasteiger partial charge in [0.2, 0.25) is 0 Å². The van der Waals surface area contributed by atoms with Crippen molar-refractivity contribution < 1.29 is 18.8 Å². The molecule has 0 aromatic rings. The molecule has 0 radical (unpaired) electrons. The van der Waals surface area contributed by atoms with Crippen molar-refractivity contribution in [3.63, 3.8) is 0 Å². The zero-order valence-electron chi connectivity index (χ0n) is 11.5. The molecule has 0 aromatic heterocycles. The third kappa shape index (κ3) is 3.10. The van der Waals surface area contributed by atoms with Gasteiger partial charge in [0.1, 0.15) is 0 Å². The van der Waals surface area contributed by atoms with Crippen molar-refractivity contribution in [3.8, 4) is 0 Å². The number of esters is 1. The van der Waals surface area contributed by atoms with E-state index < -0.39 is 7.12 Å². The van der Waals surface area contributed by atoms with E-state index >= 15 is 0 Å². The van der Waals surface area contributed by atoms with Gasteiger partial charge in [-0.25, -0.2) is 4.79 Å². The third-order valence-corrected chi connectivity index (χ3v) is 3.26. The Morgan fingerprint density at radius 2 is 1.71 bits per heavy atom. The Kier molecular flexibility index (Phi) is 4.04. The van der Waals surface area contributed by atoms with Gasteiger partial charge < -0.3 is 14.0 Å². The van der Waals surface area contributed by atoms with E-state index in [4.69, 9.17) is 14.0 Å². The number of carbonyl (C=O) groups excluding carboxylic acids is 1. The Labute approximate surface area is 103 Å². The second kappa shape index (κ2) is 4.82. The van der Waals surface area contributed by atoms with Gasteiger partial charge in [0.15, 0.2) is 0 Å². The number of ether oxygens (including phenoxy) is 1. The highest BCUT2D eigenvalue weighted by molar-refractivity contribution is 6.54. The quantitative estimate of drug-likeness (QED) is 0.430. The highest BCUT2D eigenvalue weighted by atomic mass is 16.7. The van der Waals surface area contributed by atoms with Crippen molar-refractivity contribution in [1.29, 1.82) is 0 Å². The van der Waals surface area contributed by atoms with Crippen LogP contribution in [0.4, 0.5) is 0 Å². The second-order valence-electron chi connectivity index (χ2n) is 5.23. The van der Waals surface area contributed by atoms with Crippen LogP contribution in [0.25, 0.3) is 0 Å².